The fourth-order valence-electron chi connectivity index (χ4n) is 2.53. The predicted molar refractivity (Wildman–Crippen MR) is 96.9 cm³/mol. The monoisotopic (exact) mass is 353 g/mol. The predicted octanol–water partition coefficient (Wildman–Crippen LogP) is 3.24. The fraction of sp³-hybridized carbons (Fsp3) is 0.211. The Morgan fingerprint density at radius 2 is 1.00 bits per heavy atom. The lowest BCUT2D eigenvalue weighted by atomic mass is 10.1. The van der Waals surface area contributed by atoms with Crippen molar-refractivity contribution >= 4 is 0 Å². The van der Waals surface area contributed by atoms with Gasteiger partial charge in [0.15, 0.2) is 34.6 Å². The molecule has 0 aliphatic rings. The number of benzene rings is 2. The van der Waals surface area contributed by atoms with Crippen LogP contribution in [0.25, 0.3) is 22.8 Å². The minimum absolute atomic E-state index is 0.533. The largest absolute Gasteiger partial charge is 0.493 e. The van der Waals surface area contributed by atoms with E-state index in [1.165, 1.54) is 6.33 Å². The minimum atomic E-state index is 0.533. The molecule has 0 radical (unpaired) electrons. The van der Waals surface area contributed by atoms with Gasteiger partial charge in [0, 0.05) is 11.1 Å². The van der Waals surface area contributed by atoms with Crippen LogP contribution >= 0.6 is 0 Å². The Morgan fingerprint density at radius 3 is 1.38 bits per heavy atom. The Hall–Kier alpha value is -3.35. The molecule has 0 aliphatic carbocycles. The van der Waals surface area contributed by atoms with E-state index in [9.17, 15) is 0 Å². The van der Waals surface area contributed by atoms with Crippen molar-refractivity contribution in [3.8, 4) is 45.8 Å². The third-order valence-corrected chi connectivity index (χ3v) is 3.86. The molecule has 0 unspecified atom stereocenters. The van der Waals surface area contributed by atoms with Crippen molar-refractivity contribution in [1.29, 1.82) is 0 Å². The molecule has 0 spiro atoms. The Bertz CT molecular complexity index is 844. The number of hydrogen-bond donors (Lipinski definition) is 0. The van der Waals surface area contributed by atoms with Gasteiger partial charge in [-0.2, -0.15) is 0 Å². The van der Waals surface area contributed by atoms with Gasteiger partial charge in [-0.05, 0) is 36.4 Å². The summed E-state index contributed by atoms with van der Waals surface area (Å²) in [6.45, 7) is 0. The molecule has 3 aromatic rings. The van der Waals surface area contributed by atoms with Crippen LogP contribution in [-0.4, -0.2) is 43.4 Å². The van der Waals surface area contributed by atoms with E-state index in [-0.39, 0.29) is 0 Å². The zero-order valence-electron chi connectivity index (χ0n) is 15.0. The van der Waals surface area contributed by atoms with E-state index < -0.39 is 0 Å². The van der Waals surface area contributed by atoms with Gasteiger partial charge >= 0.3 is 0 Å². The summed E-state index contributed by atoms with van der Waals surface area (Å²) in [6, 6.07) is 11.0. The molecule has 0 amide bonds. The van der Waals surface area contributed by atoms with E-state index >= 15 is 0 Å². The van der Waals surface area contributed by atoms with Gasteiger partial charge in [-0.1, -0.05) is 0 Å². The van der Waals surface area contributed by atoms with Crippen LogP contribution in [0.15, 0.2) is 42.7 Å². The second-order valence-corrected chi connectivity index (χ2v) is 5.27. The van der Waals surface area contributed by atoms with Gasteiger partial charge in [0.2, 0.25) is 0 Å². The molecule has 7 nitrogen and oxygen atoms in total. The Balaban J connectivity index is 2.01. The highest BCUT2D eigenvalue weighted by Crippen LogP contribution is 2.33. The Labute approximate surface area is 151 Å². The van der Waals surface area contributed by atoms with Gasteiger partial charge in [0.05, 0.1) is 28.4 Å². The maximum absolute atomic E-state index is 5.34. The van der Waals surface area contributed by atoms with Gasteiger partial charge < -0.3 is 18.9 Å². The normalized spacial score (nSPS) is 10.3. The smallest absolute Gasteiger partial charge is 0.163 e. The van der Waals surface area contributed by atoms with Gasteiger partial charge in [-0.25, -0.2) is 15.0 Å². The first-order valence-electron chi connectivity index (χ1n) is 7.84. The third kappa shape index (κ3) is 3.37. The van der Waals surface area contributed by atoms with Crippen molar-refractivity contribution in [2.45, 2.75) is 0 Å². The van der Waals surface area contributed by atoms with Crippen LogP contribution in [0.3, 0.4) is 0 Å². The summed E-state index contributed by atoms with van der Waals surface area (Å²) in [5, 5.41) is 0. The summed E-state index contributed by atoms with van der Waals surface area (Å²) in [7, 11) is 6.36. The van der Waals surface area contributed by atoms with E-state index in [1.807, 2.05) is 36.4 Å². The summed E-state index contributed by atoms with van der Waals surface area (Å²) in [5.74, 6) is 3.57. The molecule has 134 valence electrons. The molecule has 0 saturated carbocycles. The molecular formula is C19H19N3O4. The highest BCUT2D eigenvalue weighted by Gasteiger charge is 2.12. The van der Waals surface area contributed by atoms with E-state index in [0.717, 1.165) is 11.1 Å². The second-order valence-electron chi connectivity index (χ2n) is 5.27. The zero-order chi connectivity index (χ0) is 18.5. The first kappa shape index (κ1) is 17.5. The first-order valence-corrected chi connectivity index (χ1v) is 7.84. The second kappa shape index (κ2) is 7.69. The minimum Gasteiger partial charge on any atom is -0.493 e. The van der Waals surface area contributed by atoms with Crippen LogP contribution in [0, 0.1) is 0 Å². The van der Waals surface area contributed by atoms with E-state index in [4.69, 9.17) is 18.9 Å². The van der Waals surface area contributed by atoms with Crippen LogP contribution in [0.4, 0.5) is 0 Å². The van der Waals surface area contributed by atoms with Crippen molar-refractivity contribution in [3.63, 3.8) is 0 Å². The summed E-state index contributed by atoms with van der Waals surface area (Å²) < 4.78 is 21.2. The quantitative estimate of drug-likeness (QED) is 0.673. The third-order valence-electron chi connectivity index (χ3n) is 3.86. The molecule has 26 heavy (non-hydrogen) atoms. The van der Waals surface area contributed by atoms with Gasteiger partial charge in [0.1, 0.15) is 6.33 Å². The van der Waals surface area contributed by atoms with E-state index in [2.05, 4.69) is 15.0 Å². The molecule has 7 heteroatoms. The average molecular weight is 353 g/mol. The van der Waals surface area contributed by atoms with Crippen LogP contribution < -0.4 is 18.9 Å². The highest BCUT2D eigenvalue weighted by molar-refractivity contribution is 5.65. The van der Waals surface area contributed by atoms with Crippen LogP contribution in [0.5, 0.6) is 23.0 Å². The summed E-state index contributed by atoms with van der Waals surface area (Å²) in [4.78, 5) is 13.1. The van der Waals surface area contributed by atoms with Crippen molar-refractivity contribution in [2.75, 3.05) is 28.4 Å². The van der Waals surface area contributed by atoms with E-state index in [0.29, 0.717) is 34.6 Å². The SMILES string of the molecule is COc1ccc(-c2ncnc(-c3ccc(OC)c(OC)c3)n2)cc1OC. The zero-order valence-corrected chi connectivity index (χ0v) is 15.0. The maximum atomic E-state index is 5.34. The Kier molecular flexibility index (Phi) is 5.17. The summed E-state index contributed by atoms with van der Waals surface area (Å²) >= 11 is 0. The average Bonchev–Trinajstić information content (AvgIpc) is 2.72. The Morgan fingerprint density at radius 1 is 0.577 bits per heavy atom. The lowest BCUT2D eigenvalue weighted by Gasteiger charge is -2.10. The number of rotatable bonds is 6. The van der Waals surface area contributed by atoms with Crippen LogP contribution in [-0.2, 0) is 0 Å². The molecule has 0 aliphatic heterocycles. The molecule has 1 heterocycles. The van der Waals surface area contributed by atoms with Crippen LogP contribution in [0.1, 0.15) is 0 Å². The molecule has 0 saturated heterocycles. The lowest BCUT2D eigenvalue weighted by molar-refractivity contribution is 0.355. The van der Waals surface area contributed by atoms with Crippen molar-refractivity contribution in [2.24, 2.45) is 0 Å². The van der Waals surface area contributed by atoms with Gasteiger partial charge in [0.25, 0.3) is 0 Å². The van der Waals surface area contributed by atoms with Gasteiger partial charge in [-0.3, -0.25) is 0 Å². The van der Waals surface area contributed by atoms with Gasteiger partial charge in [-0.15, -0.1) is 0 Å². The molecule has 0 atom stereocenters. The van der Waals surface area contributed by atoms with Crippen molar-refractivity contribution < 1.29 is 18.9 Å². The standard InChI is InChI=1S/C19H19N3O4/c1-23-14-7-5-12(9-16(14)25-3)18-20-11-21-19(22-18)13-6-8-15(24-2)17(10-13)26-4/h5-11H,1-4H3. The topological polar surface area (TPSA) is 75.6 Å². The highest BCUT2D eigenvalue weighted by atomic mass is 16.5. The molecule has 0 bridgehead atoms. The summed E-state index contributed by atoms with van der Waals surface area (Å²) in [5.41, 5.74) is 1.60. The van der Waals surface area contributed by atoms with Crippen molar-refractivity contribution in [1.82, 2.24) is 15.0 Å². The summed E-state index contributed by atoms with van der Waals surface area (Å²) in [6.07, 6.45) is 1.48. The molecular weight excluding hydrogens is 334 g/mol. The number of aromatic nitrogens is 3. The number of nitrogens with zero attached hydrogens (tertiary/aromatic N) is 3. The molecule has 3 rings (SSSR count). The molecule has 0 N–H and O–H groups in total. The number of methoxy groups -OCH3 is 4. The van der Waals surface area contributed by atoms with Crippen molar-refractivity contribution in [3.05, 3.63) is 42.7 Å². The maximum Gasteiger partial charge on any atom is 0.163 e. The fourth-order valence-corrected chi connectivity index (χ4v) is 2.53. The molecule has 2 aromatic carbocycles. The molecule has 0 fully saturated rings. The van der Waals surface area contributed by atoms with E-state index in [1.54, 1.807) is 28.4 Å². The molecule has 1 aromatic heterocycles. The number of hydrogen-bond acceptors (Lipinski definition) is 7. The van der Waals surface area contributed by atoms with Crippen LogP contribution in [0.2, 0.25) is 0 Å². The lowest BCUT2D eigenvalue weighted by Crippen LogP contribution is -1.97. The number of ether oxygens (including phenoxy) is 4. The first-order chi connectivity index (χ1) is 12.7.